The molecule has 1 aromatic heterocycles. The highest BCUT2D eigenvalue weighted by Crippen LogP contribution is 2.21. The zero-order valence-electron chi connectivity index (χ0n) is 16.2. The van der Waals surface area contributed by atoms with Crippen molar-refractivity contribution in [2.75, 3.05) is 13.2 Å². The van der Waals surface area contributed by atoms with Crippen molar-refractivity contribution in [1.29, 1.82) is 0 Å². The molecule has 2 aromatic carbocycles. The molecule has 0 saturated heterocycles. The van der Waals surface area contributed by atoms with E-state index in [0.29, 0.717) is 11.1 Å². The maximum atomic E-state index is 13.0. The van der Waals surface area contributed by atoms with Gasteiger partial charge in [-0.05, 0) is 67.6 Å². The van der Waals surface area contributed by atoms with Gasteiger partial charge in [0.15, 0.2) is 0 Å². The zero-order valence-corrected chi connectivity index (χ0v) is 17.0. The molecule has 0 fully saturated rings. The number of H-pyrrole nitrogens is 1. The molecule has 7 heteroatoms. The van der Waals surface area contributed by atoms with Crippen molar-refractivity contribution >= 4 is 20.9 Å². The Labute approximate surface area is 164 Å². The number of aliphatic hydroxyl groups is 1. The summed E-state index contributed by atoms with van der Waals surface area (Å²) in [4.78, 5) is 15.5. The van der Waals surface area contributed by atoms with E-state index < -0.39 is 10.0 Å². The van der Waals surface area contributed by atoms with Crippen molar-refractivity contribution < 1.29 is 13.5 Å². The Kier molecular flexibility index (Phi) is 5.69. The second-order valence-corrected chi connectivity index (χ2v) is 8.96. The molecule has 0 unspecified atom stereocenters. The lowest BCUT2D eigenvalue weighted by atomic mass is 10.1. The van der Waals surface area contributed by atoms with Crippen molar-refractivity contribution in [3.63, 3.8) is 0 Å². The summed E-state index contributed by atoms with van der Waals surface area (Å²) in [5.74, 6) is 0. The van der Waals surface area contributed by atoms with E-state index in [1.165, 1.54) is 12.1 Å². The van der Waals surface area contributed by atoms with Crippen molar-refractivity contribution in [3.8, 4) is 0 Å². The number of aryl methyl sites for hydroxylation is 3. The standard InChI is InChI=1S/C21H24N2O4S/c1-14-4-6-19(7-5-14)28(26,27)23(8-9-24)13-18-12-17-10-15(2)16(3)11-20(17)22-21(18)25/h4-7,10-12,24H,8-9,13H2,1-3H3,(H,22,25). The third-order valence-electron chi connectivity index (χ3n) is 4.89. The number of nitrogens with zero attached hydrogens (tertiary/aromatic N) is 1. The molecule has 0 aliphatic heterocycles. The number of nitrogens with one attached hydrogen (secondary N) is 1. The average Bonchev–Trinajstić information content (AvgIpc) is 2.64. The SMILES string of the molecule is Cc1ccc(S(=O)(=O)N(CCO)Cc2cc3cc(C)c(C)cc3[nH]c2=O)cc1. The predicted octanol–water partition coefficient (Wildman–Crippen LogP) is 2.64. The van der Waals surface area contributed by atoms with Crippen LogP contribution in [-0.2, 0) is 16.6 Å². The molecule has 0 atom stereocenters. The fourth-order valence-electron chi connectivity index (χ4n) is 3.08. The minimum absolute atomic E-state index is 0.0966. The lowest BCUT2D eigenvalue weighted by Gasteiger charge is -2.21. The van der Waals surface area contributed by atoms with E-state index in [9.17, 15) is 18.3 Å². The van der Waals surface area contributed by atoms with Crippen molar-refractivity contribution in [2.45, 2.75) is 32.2 Å². The fourth-order valence-corrected chi connectivity index (χ4v) is 4.49. The molecule has 0 radical (unpaired) electrons. The van der Waals surface area contributed by atoms with E-state index in [-0.39, 0.29) is 30.2 Å². The van der Waals surface area contributed by atoms with Crippen LogP contribution in [0.5, 0.6) is 0 Å². The number of sulfonamides is 1. The maximum Gasteiger partial charge on any atom is 0.252 e. The summed E-state index contributed by atoms with van der Waals surface area (Å²) in [6.45, 7) is 5.28. The van der Waals surface area contributed by atoms with Crippen LogP contribution in [-0.4, -0.2) is 36.0 Å². The molecule has 0 amide bonds. The molecule has 3 rings (SSSR count). The van der Waals surface area contributed by atoms with Crippen LogP contribution >= 0.6 is 0 Å². The Hall–Kier alpha value is -2.48. The molecule has 0 bridgehead atoms. The van der Waals surface area contributed by atoms with Gasteiger partial charge in [-0.15, -0.1) is 0 Å². The van der Waals surface area contributed by atoms with E-state index in [0.717, 1.165) is 26.4 Å². The number of aliphatic hydroxyl groups excluding tert-OH is 1. The summed E-state index contributed by atoms with van der Waals surface area (Å²) in [5, 5.41) is 10.2. The molecule has 0 saturated carbocycles. The Bertz CT molecular complexity index is 1170. The lowest BCUT2D eigenvalue weighted by Crippen LogP contribution is -2.35. The number of pyridine rings is 1. The third kappa shape index (κ3) is 4.01. The Morgan fingerprint density at radius 1 is 1.00 bits per heavy atom. The van der Waals surface area contributed by atoms with Crippen molar-refractivity contribution in [1.82, 2.24) is 9.29 Å². The quantitative estimate of drug-likeness (QED) is 0.666. The molecule has 148 valence electrons. The molecule has 0 spiro atoms. The van der Waals surface area contributed by atoms with E-state index >= 15 is 0 Å². The number of hydrogen-bond acceptors (Lipinski definition) is 4. The molecule has 28 heavy (non-hydrogen) atoms. The smallest absolute Gasteiger partial charge is 0.252 e. The molecule has 3 aromatic rings. The number of aromatic nitrogens is 1. The van der Waals surface area contributed by atoms with Crippen LogP contribution in [0.15, 0.2) is 52.2 Å². The monoisotopic (exact) mass is 400 g/mol. The second kappa shape index (κ2) is 7.87. The van der Waals surface area contributed by atoms with Gasteiger partial charge in [0.1, 0.15) is 0 Å². The van der Waals surface area contributed by atoms with Gasteiger partial charge in [0.2, 0.25) is 10.0 Å². The Morgan fingerprint density at radius 2 is 1.64 bits per heavy atom. The molecule has 0 aliphatic carbocycles. The van der Waals surface area contributed by atoms with Gasteiger partial charge in [-0.25, -0.2) is 8.42 Å². The van der Waals surface area contributed by atoms with Crippen LogP contribution in [0.1, 0.15) is 22.3 Å². The average molecular weight is 401 g/mol. The highest BCUT2D eigenvalue weighted by molar-refractivity contribution is 7.89. The maximum absolute atomic E-state index is 13.0. The van der Waals surface area contributed by atoms with Crippen LogP contribution in [0.3, 0.4) is 0 Å². The first-order chi connectivity index (χ1) is 13.2. The molecule has 1 heterocycles. The van der Waals surface area contributed by atoms with Crippen molar-refractivity contribution in [3.05, 3.63) is 75.1 Å². The first-order valence-electron chi connectivity index (χ1n) is 9.03. The van der Waals surface area contributed by atoms with Gasteiger partial charge in [0, 0.05) is 24.2 Å². The van der Waals surface area contributed by atoms with Gasteiger partial charge in [-0.1, -0.05) is 17.7 Å². The molecule has 6 nitrogen and oxygen atoms in total. The molecule has 0 aliphatic rings. The lowest BCUT2D eigenvalue weighted by molar-refractivity contribution is 0.251. The minimum Gasteiger partial charge on any atom is -0.395 e. The highest BCUT2D eigenvalue weighted by Gasteiger charge is 2.25. The summed E-state index contributed by atoms with van der Waals surface area (Å²) in [5.41, 5.74) is 3.82. The Balaban J connectivity index is 2.02. The highest BCUT2D eigenvalue weighted by atomic mass is 32.2. The molecule has 2 N–H and O–H groups in total. The number of aromatic amines is 1. The van der Waals surface area contributed by atoms with Gasteiger partial charge in [-0.2, -0.15) is 4.31 Å². The van der Waals surface area contributed by atoms with E-state index in [1.54, 1.807) is 18.2 Å². The first kappa shape index (κ1) is 20.3. The van der Waals surface area contributed by atoms with E-state index in [2.05, 4.69) is 4.98 Å². The summed E-state index contributed by atoms with van der Waals surface area (Å²) < 4.78 is 27.2. The second-order valence-electron chi connectivity index (χ2n) is 7.02. The van der Waals surface area contributed by atoms with Crippen LogP contribution in [0.4, 0.5) is 0 Å². The topological polar surface area (TPSA) is 90.5 Å². The van der Waals surface area contributed by atoms with Crippen LogP contribution < -0.4 is 5.56 Å². The van der Waals surface area contributed by atoms with E-state index in [4.69, 9.17) is 0 Å². The van der Waals surface area contributed by atoms with Gasteiger partial charge in [0.25, 0.3) is 5.56 Å². The van der Waals surface area contributed by atoms with Crippen LogP contribution in [0, 0.1) is 20.8 Å². The van der Waals surface area contributed by atoms with Gasteiger partial charge in [-0.3, -0.25) is 4.79 Å². The summed E-state index contributed by atoms with van der Waals surface area (Å²) in [6, 6.07) is 12.1. The summed E-state index contributed by atoms with van der Waals surface area (Å²) in [7, 11) is -3.84. The number of rotatable bonds is 6. The molecular formula is C21H24N2O4S. The van der Waals surface area contributed by atoms with Gasteiger partial charge < -0.3 is 10.1 Å². The van der Waals surface area contributed by atoms with Gasteiger partial charge >= 0.3 is 0 Å². The van der Waals surface area contributed by atoms with E-state index in [1.807, 2.05) is 32.9 Å². The minimum atomic E-state index is -3.84. The summed E-state index contributed by atoms with van der Waals surface area (Å²) >= 11 is 0. The number of benzene rings is 2. The third-order valence-corrected chi connectivity index (χ3v) is 6.75. The predicted molar refractivity (Wildman–Crippen MR) is 110 cm³/mol. The Morgan fingerprint density at radius 3 is 2.29 bits per heavy atom. The fraction of sp³-hybridized carbons (Fsp3) is 0.286. The normalized spacial score (nSPS) is 12.0. The van der Waals surface area contributed by atoms with Crippen molar-refractivity contribution in [2.24, 2.45) is 0 Å². The number of fused-ring (bicyclic) bond motifs is 1. The van der Waals surface area contributed by atoms with Crippen LogP contribution in [0.25, 0.3) is 10.9 Å². The molecular weight excluding hydrogens is 376 g/mol. The summed E-state index contributed by atoms with van der Waals surface area (Å²) in [6.07, 6.45) is 0. The van der Waals surface area contributed by atoms with Gasteiger partial charge in [0.05, 0.1) is 11.5 Å². The first-order valence-corrected chi connectivity index (χ1v) is 10.5. The van der Waals surface area contributed by atoms with Crippen LogP contribution in [0.2, 0.25) is 0 Å². The largest absolute Gasteiger partial charge is 0.395 e. The zero-order chi connectivity index (χ0) is 20.5. The number of hydrogen-bond donors (Lipinski definition) is 2.